The van der Waals surface area contributed by atoms with Gasteiger partial charge in [0.05, 0.1) is 4.34 Å². The molecule has 1 aromatic carbocycles. The molecule has 0 aliphatic heterocycles. The van der Waals surface area contributed by atoms with Gasteiger partial charge in [-0.15, -0.1) is 11.3 Å². The van der Waals surface area contributed by atoms with E-state index in [2.05, 4.69) is 46.3 Å². The van der Waals surface area contributed by atoms with Crippen LogP contribution in [0.3, 0.4) is 0 Å². The van der Waals surface area contributed by atoms with Crippen LogP contribution in [0.15, 0.2) is 36.4 Å². The molecule has 0 amide bonds. The molecule has 1 aromatic heterocycles. The lowest BCUT2D eigenvalue weighted by Crippen LogP contribution is -2.05. The number of alkyl halides is 1. The molecular formula is C14H12BrClS. The summed E-state index contributed by atoms with van der Waals surface area (Å²) in [5.41, 5.74) is 2.95. The Balaban J connectivity index is 1.80. The van der Waals surface area contributed by atoms with Crippen LogP contribution in [0, 0.1) is 5.92 Å². The van der Waals surface area contributed by atoms with Gasteiger partial charge in [-0.05, 0) is 42.0 Å². The number of benzene rings is 1. The summed E-state index contributed by atoms with van der Waals surface area (Å²) in [7, 11) is 0. The van der Waals surface area contributed by atoms with Gasteiger partial charge in [-0.3, -0.25) is 0 Å². The molecule has 2 aromatic rings. The van der Waals surface area contributed by atoms with Crippen molar-refractivity contribution in [3.63, 3.8) is 0 Å². The number of thiophene rings is 1. The van der Waals surface area contributed by atoms with E-state index in [0.717, 1.165) is 10.8 Å². The monoisotopic (exact) mass is 326 g/mol. The molecule has 0 saturated carbocycles. The molecule has 2 unspecified atom stereocenters. The first-order valence-electron chi connectivity index (χ1n) is 5.70. The van der Waals surface area contributed by atoms with Gasteiger partial charge in [0.1, 0.15) is 0 Å². The molecule has 3 rings (SSSR count). The van der Waals surface area contributed by atoms with Gasteiger partial charge in [0.15, 0.2) is 0 Å². The van der Waals surface area contributed by atoms with Crippen molar-refractivity contribution in [1.29, 1.82) is 0 Å². The third kappa shape index (κ3) is 2.31. The van der Waals surface area contributed by atoms with Gasteiger partial charge < -0.3 is 0 Å². The van der Waals surface area contributed by atoms with Crippen molar-refractivity contribution >= 4 is 38.9 Å². The van der Waals surface area contributed by atoms with Gasteiger partial charge in [0.2, 0.25) is 0 Å². The standard InChI is InChI=1S/C14H12BrClS/c15-14-10(8-11-5-6-13(16)17-11)7-9-3-1-2-4-12(9)14/h1-6,10,14H,7-8H2. The molecule has 17 heavy (non-hydrogen) atoms. The SMILES string of the molecule is Clc1ccc(CC2Cc3ccccc3C2Br)s1. The highest BCUT2D eigenvalue weighted by Crippen LogP contribution is 2.44. The Labute approximate surface area is 119 Å². The van der Waals surface area contributed by atoms with Gasteiger partial charge in [-0.25, -0.2) is 0 Å². The highest BCUT2D eigenvalue weighted by molar-refractivity contribution is 9.09. The van der Waals surface area contributed by atoms with Crippen molar-refractivity contribution in [3.8, 4) is 0 Å². The number of halogens is 2. The molecule has 0 N–H and O–H groups in total. The summed E-state index contributed by atoms with van der Waals surface area (Å²) in [5, 5.41) is 0. The Morgan fingerprint density at radius 1 is 1.24 bits per heavy atom. The maximum atomic E-state index is 5.98. The van der Waals surface area contributed by atoms with Crippen LogP contribution in [-0.2, 0) is 12.8 Å². The Morgan fingerprint density at radius 3 is 2.76 bits per heavy atom. The molecule has 1 aliphatic carbocycles. The maximum absolute atomic E-state index is 5.98. The minimum Gasteiger partial charge on any atom is -0.128 e. The van der Waals surface area contributed by atoms with Gasteiger partial charge in [-0.1, -0.05) is 51.8 Å². The topological polar surface area (TPSA) is 0 Å². The average Bonchev–Trinajstić information content (AvgIpc) is 2.86. The van der Waals surface area contributed by atoms with E-state index in [1.54, 1.807) is 11.3 Å². The Morgan fingerprint density at radius 2 is 2.06 bits per heavy atom. The third-order valence-corrected chi connectivity index (χ3v) is 5.83. The summed E-state index contributed by atoms with van der Waals surface area (Å²) in [5.74, 6) is 0.655. The van der Waals surface area contributed by atoms with E-state index in [-0.39, 0.29) is 0 Å². The lowest BCUT2D eigenvalue weighted by molar-refractivity contribution is 0.560. The largest absolute Gasteiger partial charge is 0.128 e. The first-order chi connectivity index (χ1) is 8.24. The Hall–Kier alpha value is -0.310. The zero-order valence-electron chi connectivity index (χ0n) is 9.20. The molecule has 0 fully saturated rings. The molecule has 0 bridgehead atoms. The summed E-state index contributed by atoms with van der Waals surface area (Å²) in [6.45, 7) is 0. The normalized spacial score (nSPS) is 22.7. The number of rotatable bonds is 2. The fraction of sp³-hybridized carbons (Fsp3) is 0.286. The number of fused-ring (bicyclic) bond motifs is 1. The van der Waals surface area contributed by atoms with Crippen LogP contribution >= 0.6 is 38.9 Å². The summed E-state index contributed by atoms with van der Waals surface area (Å²) in [4.78, 5) is 1.87. The van der Waals surface area contributed by atoms with E-state index in [0.29, 0.717) is 10.7 Å². The number of hydrogen-bond acceptors (Lipinski definition) is 1. The molecule has 3 heteroatoms. The van der Waals surface area contributed by atoms with E-state index in [1.165, 1.54) is 22.4 Å². The van der Waals surface area contributed by atoms with Crippen LogP contribution in [0.5, 0.6) is 0 Å². The van der Waals surface area contributed by atoms with Crippen molar-refractivity contribution in [3.05, 3.63) is 56.7 Å². The van der Waals surface area contributed by atoms with Crippen LogP contribution < -0.4 is 0 Å². The first kappa shape index (κ1) is 11.8. The third-order valence-electron chi connectivity index (χ3n) is 3.34. The summed E-state index contributed by atoms with van der Waals surface area (Å²) < 4.78 is 0.890. The Bertz CT molecular complexity index is 535. The zero-order chi connectivity index (χ0) is 11.8. The van der Waals surface area contributed by atoms with Crippen LogP contribution in [-0.4, -0.2) is 0 Å². The fourth-order valence-corrected chi connectivity index (χ4v) is 4.53. The highest BCUT2D eigenvalue weighted by atomic mass is 79.9. The van der Waals surface area contributed by atoms with Gasteiger partial charge in [-0.2, -0.15) is 0 Å². The van der Waals surface area contributed by atoms with Crippen molar-refractivity contribution in [1.82, 2.24) is 0 Å². The smallest absolute Gasteiger partial charge is 0.0931 e. The second kappa shape index (κ2) is 4.75. The minimum absolute atomic E-state index is 0.486. The van der Waals surface area contributed by atoms with Gasteiger partial charge in [0, 0.05) is 9.70 Å². The molecule has 0 spiro atoms. The zero-order valence-corrected chi connectivity index (χ0v) is 12.4. The minimum atomic E-state index is 0.486. The van der Waals surface area contributed by atoms with Crippen molar-refractivity contribution in [2.24, 2.45) is 5.92 Å². The van der Waals surface area contributed by atoms with E-state index < -0.39 is 0 Å². The first-order valence-corrected chi connectivity index (χ1v) is 7.81. The summed E-state index contributed by atoms with van der Waals surface area (Å²) in [6.07, 6.45) is 2.28. The summed E-state index contributed by atoms with van der Waals surface area (Å²) >= 11 is 11.5. The highest BCUT2D eigenvalue weighted by Gasteiger charge is 2.30. The molecule has 0 saturated heterocycles. The fourth-order valence-electron chi connectivity index (χ4n) is 2.52. The summed E-state index contributed by atoms with van der Waals surface area (Å²) in [6, 6.07) is 12.9. The second-order valence-corrected chi connectivity index (χ2v) is 7.26. The lowest BCUT2D eigenvalue weighted by Gasteiger charge is -2.13. The van der Waals surface area contributed by atoms with Crippen LogP contribution in [0.2, 0.25) is 4.34 Å². The van der Waals surface area contributed by atoms with Crippen LogP contribution in [0.1, 0.15) is 20.8 Å². The van der Waals surface area contributed by atoms with E-state index >= 15 is 0 Å². The lowest BCUT2D eigenvalue weighted by atomic mass is 10.0. The number of hydrogen-bond donors (Lipinski definition) is 0. The van der Waals surface area contributed by atoms with Crippen LogP contribution in [0.4, 0.5) is 0 Å². The molecule has 0 radical (unpaired) electrons. The molecule has 1 aliphatic rings. The quantitative estimate of drug-likeness (QED) is 0.661. The van der Waals surface area contributed by atoms with E-state index in [9.17, 15) is 0 Å². The van der Waals surface area contributed by atoms with Crippen molar-refractivity contribution in [2.45, 2.75) is 17.7 Å². The molecular weight excluding hydrogens is 316 g/mol. The van der Waals surface area contributed by atoms with Gasteiger partial charge in [0.25, 0.3) is 0 Å². The predicted molar refractivity (Wildman–Crippen MR) is 78.3 cm³/mol. The molecule has 2 atom stereocenters. The average molecular weight is 328 g/mol. The van der Waals surface area contributed by atoms with E-state index in [1.807, 2.05) is 6.07 Å². The van der Waals surface area contributed by atoms with Crippen LogP contribution in [0.25, 0.3) is 0 Å². The molecule has 88 valence electrons. The van der Waals surface area contributed by atoms with Crippen molar-refractivity contribution in [2.75, 3.05) is 0 Å². The Kier molecular flexibility index (Phi) is 3.29. The molecule has 1 heterocycles. The predicted octanol–water partition coefficient (Wildman–Crippen LogP) is 5.25. The van der Waals surface area contributed by atoms with Gasteiger partial charge >= 0.3 is 0 Å². The molecule has 0 nitrogen and oxygen atoms in total. The van der Waals surface area contributed by atoms with E-state index in [4.69, 9.17) is 11.6 Å². The maximum Gasteiger partial charge on any atom is 0.0931 e. The second-order valence-electron chi connectivity index (χ2n) is 4.47. The van der Waals surface area contributed by atoms with Crippen molar-refractivity contribution < 1.29 is 0 Å².